The SMILES string of the molecule is COc1ccccc1C(=O)Cc1ncccn1. The standard InChI is InChI=1S/C13H12N2O2/c1-17-12-6-3-2-5-10(12)11(16)9-13-14-7-4-8-15-13/h2-8H,9H2,1H3. The lowest BCUT2D eigenvalue weighted by Crippen LogP contribution is -2.08. The maximum atomic E-state index is 12.0. The number of rotatable bonds is 4. The van der Waals surface area contributed by atoms with E-state index in [0.717, 1.165) is 0 Å². The first kappa shape index (κ1) is 11.3. The molecule has 0 fully saturated rings. The molecule has 86 valence electrons. The van der Waals surface area contributed by atoms with Gasteiger partial charge in [-0.2, -0.15) is 0 Å². The molecule has 2 aromatic rings. The Hall–Kier alpha value is -2.23. The Kier molecular flexibility index (Phi) is 3.45. The number of aromatic nitrogens is 2. The van der Waals surface area contributed by atoms with Crippen LogP contribution in [0.3, 0.4) is 0 Å². The second kappa shape index (κ2) is 5.21. The van der Waals surface area contributed by atoms with Crippen LogP contribution in [0.25, 0.3) is 0 Å². The maximum Gasteiger partial charge on any atom is 0.174 e. The topological polar surface area (TPSA) is 52.1 Å². The van der Waals surface area contributed by atoms with Crippen LogP contribution in [0.15, 0.2) is 42.7 Å². The normalized spacial score (nSPS) is 9.94. The smallest absolute Gasteiger partial charge is 0.174 e. The fraction of sp³-hybridized carbons (Fsp3) is 0.154. The van der Waals surface area contributed by atoms with Gasteiger partial charge in [0.2, 0.25) is 0 Å². The zero-order valence-electron chi connectivity index (χ0n) is 9.46. The lowest BCUT2D eigenvalue weighted by Gasteiger charge is -2.06. The van der Waals surface area contributed by atoms with E-state index in [1.165, 1.54) is 0 Å². The molecule has 0 atom stereocenters. The third-order valence-corrected chi connectivity index (χ3v) is 2.35. The van der Waals surface area contributed by atoms with Gasteiger partial charge in [0, 0.05) is 12.4 Å². The molecule has 0 amide bonds. The minimum Gasteiger partial charge on any atom is -0.496 e. The van der Waals surface area contributed by atoms with Crippen molar-refractivity contribution < 1.29 is 9.53 Å². The summed E-state index contributed by atoms with van der Waals surface area (Å²) in [6.07, 6.45) is 3.43. The minimum atomic E-state index is -0.0475. The summed E-state index contributed by atoms with van der Waals surface area (Å²) in [5.41, 5.74) is 0.558. The molecule has 0 N–H and O–H groups in total. The Morgan fingerprint density at radius 2 is 1.88 bits per heavy atom. The highest BCUT2D eigenvalue weighted by molar-refractivity contribution is 5.99. The summed E-state index contributed by atoms with van der Waals surface area (Å²) in [5, 5.41) is 0. The van der Waals surface area contributed by atoms with Gasteiger partial charge in [0.05, 0.1) is 19.1 Å². The van der Waals surface area contributed by atoms with Crippen molar-refractivity contribution in [3.05, 3.63) is 54.1 Å². The predicted octanol–water partition coefficient (Wildman–Crippen LogP) is 1.91. The maximum absolute atomic E-state index is 12.0. The highest BCUT2D eigenvalue weighted by Crippen LogP contribution is 2.18. The van der Waals surface area contributed by atoms with E-state index in [0.29, 0.717) is 17.1 Å². The summed E-state index contributed by atoms with van der Waals surface area (Å²) in [7, 11) is 1.55. The predicted molar refractivity (Wildman–Crippen MR) is 63.1 cm³/mol. The van der Waals surface area contributed by atoms with Crippen molar-refractivity contribution in [1.82, 2.24) is 9.97 Å². The number of nitrogens with zero attached hydrogens (tertiary/aromatic N) is 2. The molecule has 1 aromatic carbocycles. The summed E-state index contributed by atoms with van der Waals surface area (Å²) in [5.74, 6) is 1.05. The molecule has 0 aliphatic heterocycles. The first-order chi connectivity index (χ1) is 8.31. The van der Waals surface area contributed by atoms with E-state index in [1.54, 1.807) is 37.7 Å². The molecule has 4 heteroatoms. The van der Waals surface area contributed by atoms with Gasteiger partial charge in [0.15, 0.2) is 5.78 Å². The number of ether oxygens (including phenoxy) is 1. The van der Waals surface area contributed by atoms with Crippen molar-refractivity contribution in [3.63, 3.8) is 0 Å². The van der Waals surface area contributed by atoms with Gasteiger partial charge in [0.1, 0.15) is 11.6 Å². The van der Waals surface area contributed by atoms with Crippen molar-refractivity contribution in [2.24, 2.45) is 0 Å². The highest BCUT2D eigenvalue weighted by Gasteiger charge is 2.12. The summed E-state index contributed by atoms with van der Waals surface area (Å²) >= 11 is 0. The van der Waals surface area contributed by atoms with Gasteiger partial charge in [0.25, 0.3) is 0 Å². The average molecular weight is 228 g/mol. The Labute approximate surface area is 99.3 Å². The minimum absolute atomic E-state index is 0.0475. The first-order valence-electron chi connectivity index (χ1n) is 5.23. The van der Waals surface area contributed by atoms with Crippen LogP contribution >= 0.6 is 0 Å². The van der Waals surface area contributed by atoms with Gasteiger partial charge < -0.3 is 4.74 Å². The Balaban J connectivity index is 2.20. The summed E-state index contributed by atoms with van der Waals surface area (Å²) < 4.78 is 5.14. The molecule has 17 heavy (non-hydrogen) atoms. The second-order valence-corrected chi connectivity index (χ2v) is 3.47. The third kappa shape index (κ3) is 2.66. The summed E-state index contributed by atoms with van der Waals surface area (Å²) in [6.45, 7) is 0. The van der Waals surface area contributed by atoms with Gasteiger partial charge in [-0.15, -0.1) is 0 Å². The molecular weight excluding hydrogens is 216 g/mol. The van der Waals surface area contributed by atoms with Crippen LogP contribution in [0.1, 0.15) is 16.2 Å². The van der Waals surface area contributed by atoms with Gasteiger partial charge in [-0.05, 0) is 18.2 Å². The van der Waals surface area contributed by atoms with E-state index < -0.39 is 0 Å². The molecule has 1 aromatic heterocycles. The number of carbonyl (C=O) groups is 1. The zero-order valence-corrected chi connectivity index (χ0v) is 9.46. The van der Waals surface area contributed by atoms with Crippen LogP contribution in [-0.4, -0.2) is 22.9 Å². The quantitative estimate of drug-likeness (QED) is 0.750. The zero-order chi connectivity index (χ0) is 12.1. The van der Waals surface area contributed by atoms with Crippen LogP contribution < -0.4 is 4.74 Å². The number of carbonyl (C=O) groups excluding carboxylic acids is 1. The molecule has 4 nitrogen and oxygen atoms in total. The molecule has 1 heterocycles. The fourth-order valence-electron chi connectivity index (χ4n) is 1.54. The van der Waals surface area contributed by atoms with Crippen LogP contribution in [0.2, 0.25) is 0 Å². The van der Waals surface area contributed by atoms with Gasteiger partial charge >= 0.3 is 0 Å². The van der Waals surface area contributed by atoms with E-state index in [-0.39, 0.29) is 12.2 Å². The lowest BCUT2D eigenvalue weighted by molar-refractivity contribution is 0.0988. The van der Waals surface area contributed by atoms with Crippen molar-refractivity contribution in [1.29, 1.82) is 0 Å². The van der Waals surface area contributed by atoms with Gasteiger partial charge in [-0.1, -0.05) is 12.1 Å². The van der Waals surface area contributed by atoms with Crippen LogP contribution in [0.5, 0.6) is 5.75 Å². The van der Waals surface area contributed by atoms with E-state index in [2.05, 4.69) is 9.97 Å². The number of Topliss-reactive ketones (excluding diaryl/α,β-unsaturated/α-hetero) is 1. The molecule has 0 bridgehead atoms. The molecule has 0 radical (unpaired) electrons. The second-order valence-electron chi connectivity index (χ2n) is 3.47. The van der Waals surface area contributed by atoms with Crippen LogP contribution in [0.4, 0.5) is 0 Å². The van der Waals surface area contributed by atoms with Crippen molar-refractivity contribution in [2.75, 3.05) is 7.11 Å². The Morgan fingerprint density at radius 3 is 2.59 bits per heavy atom. The van der Waals surface area contributed by atoms with Crippen molar-refractivity contribution >= 4 is 5.78 Å². The number of hydrogen-bond acceptors (Lipinski definition) is 4. The number of ketones is 1. The Morgan fingerprint density at radius 1 is 1.18 bits per heavy atom. The Bertz CT molecular complexity index is 512. The van der Waals surface area contributed by atoms with E-state index in [1.807, 2.05) is 12.1 Å². The fourth-order valence-corrected chi connectivity index (χ4v) is 1.54. The van der Waals surface area contributed by atoms with E-state index in [4.69, 9.17) is 4.74 Å². The lowest BCUT2D eigenvalue weighted by atomic mass is 10.1. The molecule has 0 spiro atoms. The third-order valence-electron chi connectivity index (χ3n) is 2.35. The van der Waals surface area contributed by atoms with Crippen molar-refractivity contribution in [3.8, 4) is 5.75 Å². The molecule has 2 rings (SSSR count). The first-order valence-corrected chi connectivity index (χ1v) is 5.23. The van der Waals surface area contributed by atoms with Gasteiger partial charge in [-0.25, -0.2) is 9.97 Å². The molecule has 0 aliphatic carbocycles. The largest absolute Gasteiger partial charge is 0.496 e. The molecule has 0 aliphatic rings. The van der Waals surface area contributed by atoms with E-state index >= 15 is 0 Å². The molecular formula is C13H12N2O2. The number of hydrogen-bond donors (Lipinski definition) is 0. The van der Waals surface area contributed by atoms with E-state index in [9.17, 15) is 4.79 Å². The van der Waals surface area contributed by atoms with Crippen molar-refractivity contribution in [2.45, 2.75) is 6.42 Å². The summed E-state index contributed by atoms with van der Waals surface area (Å²) in [6, 6.07) is 8.86. The summed E-state index contributed by atoms with van der Waals surface area (Å²) in [4.78, 5) is 20.1. The van der Waals surface area contributed by atoms with Crippen LogP contribution in [-0.2, 0) is 6.42 Å². The monoisotopic (exact) mass is 228 g/mol. The molecule has 0 unspecified atom stereocenters. The highest BCUT2D eigenvalue weighted by atomic mass is 16.5. The van der Waals surface area contributed by atoms with Gasteiger partial charge in [-0.3, -0.25) is 4.79 Å². The average Bonchev–Trinajstić information content (AvgIpc) is 2.40. The number of benzene rings is 1. The number of para-hydroxylation sites is 1. The molecule has 0 saturated heterocycles. The molecule has 0 saturated carbocycles. The number of methoxy groups -OCH3 is 1. The van der Waals surface area contributed by atoms with Crippen LogP contribution in [0, 0.1) is 0 Å².